The first-order valence-electron chi connectivity index (χ1n) is 7.31. The topological polar surface area (TPSA) is 43.4 Å². The maximum atomic E-state index is 5.75. The molecule has 4 nitrogen and oxygen atoms in total. The number of pyridine rings is 1. The van der Waals surface area contributed by atoms with Crippen LogP contribution in [0.3, 0.4) is 0 Å². The number of nitrogens with one attached hydrogen (secondary N) is 1. The summed E-state index contributed by atoms with van der Waals surface area (Å²) in [5.74, 6) is 1.67. The van der Waals surface area contributed by atoms with Gasteiger partial charge in [-0.2, -0.15) is 0 Å². The molecular formula is C17H20N2O2. The predicted molar refractivity (Wildman–Crippen MR) is 83.1 cm³/mol. The van der Waals surface area contributed by atoms with E-state index in [4.69, 9.17) is 9.47 Å². The normalized spacial score (nSPS) is 15.1. The minimum Gasteiger partial charge on any atom is -0.490 e. The van der Waals surface area contributed by atoms with Gasteiger partial charge in [0.25, 0.3) is 0 Å². The number of anilines is 1. The van der Waals surface area contributed by atoms with Crippen molar-refractivity contribution in [2.24, 2.45) is 0 Å². The van der Waals surface area contributed by atoms with Gasteiger partial charge in [0.2, 0.25) is 0 Å². The molecular weight excluding hydrogens is 264 g/mol. The summed E-state index contributed by atoms with van der Waals surface area (Å²) in [6.07, 6.45) is 4.58. The molecule has 1 unspecified atom stereocenters. The largest absolute Gasteiger partial charge is 0.490 e. The Hall–Kier alpha value is -2.23. The Morgan fingerprint density at radius 3 is 2.76 bits per heavy atom. The van der Waals surface area contributed by atoms with E-state index in [1.54, 1.807) is 6.20 Å². The predicted octanol–water partition coefficient (Wildman–Crippen LogP) is 3.72. The average Bonchev–Trinajstić information content (AvgIpc) is 2.74. The number of benzene rings is 1. The van der Waals surface area contributed by atoms with Crippen molar-refractivity contribution < 1.29 is 9.47 Å². The van der Waals surface area contributed by atoms with Crippen LogP contribution in [-0.2, 0) is 0 Å². The van der Waals surface area contributed by atoms with Crippen molar-refractivity contribution in [2.45, 2.75) is 26.3 Å². The van der Waals surface area contributed by atoms with Gasteiger partial charge in [-0.05, 0) is 43.2 Å². The number of ether oxygens (including phenoxy) is 2. The molecule has 0 saturated heterocycles. The molecule has 0 spiro atoms. The highest BCUT2D eigenvalue weighted by Gasteiger charge is 2.14. The number of hydrogen-bond donors (Lipinski definition) is 1. The van der Waals surface area contributed by atoms with E-state index in [1.807, 2.05) is 18.3 Å². The zero-order chi connectivity index (χ0) is 14.7. The van der Waals surface area contributed by atoms with Gasteiger partial charge in [-0.3, -0.25) is 4.98 Å². The van der Waals surface area contributed by atoms with Crippen molar-refractivity contribution in [1.82, 2.24) is 4.98 Å². The van der Waals surface area contributed by atoms with Crippen molar-refractivity contribution in [2.75, 3.05) is 18.5 Å². The molecule has 110 valence electrons. The standard InChI is InChI=1S/C17H20N2O2/c1-12-6-7-18-11-15(12)19-13(2)14-4-5-16-17(10-14)21-9-3-8-20-16/h4-7,10-11,13,19H,3,8-9H2,1-2H3. The second kappa shape index (κ2) is 6.04. The highest BCUT2D eigenvalue weighted by Crippen LogP contribution is 2.33. The van der Waals surface area contributed by atoms with Crippen LogP contribution in [0, 0.1) is 6.92 Å². The molecule has 2 heterocycles. The summed E-state index contributed by atoms with van der Waals surface area (Å²) in [5, 5.41) is 3.49. The van der Waals surface area contributed by atoms with Gasteiger partial charge in [-0.15, -0.1) is 0 Å². The van der Waals surface area contributed by atoms with E-state index in [0.29, 0.717) is 6.61 Å². The Labute approximate surface area is 125 Å². The molecule has 1 atom stereocenters. The first kappa shape index (κ1) is 13.7. The lowest BCUT2D eigenvalue weighted by Gasteiger charge is -2.18. The molecule has 0 radical (unpaired) electrons. The second-order valence-corrected chi connectivity index (χ2v) is 5.31. The van der Waals surface area contributed by atoms with E-state index in [-0.39, 0.29) is 6.04 Å². The smallest absolute Gasteiger partial charge is 0.161 e. The molecule has 1 aromatic heterocycles. The third kappa shape index (κ3) is 3.10. The lowest BCUT2D eigenvalue weighted by atomic mass is 10.1. The zero-order valence-electron chi connectivity index (χ0n) is 12.4. The number of aryl methyl sites for hydroxylation is 1. The summed E-state index contributed by atoms with van der Waals surface area (Å²) in [7, 11) is 0. The van der Waals surface area contributed by atoms with Gasteiger partial charge >= 0.3 is 0 Å². The van der Waals surface area contributed by atoms with Gasteiger partial charge in [0.1, 0.15) is 0 Å². The van der Waals surface area contributed by atoms with Gasteiger partial charge in [0.05, 0.1) is 25.1 Å². The molecule has 0 fully saturated rings. The van der Waals surface area contributed by atoms with Gasteiger partial charge in [0, 0.05) is 18.7 Å². The van der Waals surface area contributed by atoms with E-state index in [1.165, 1.54) is 11.1 Å². The van der Waals surface area contributed by atoms with Gasteiger partial charge < -0.3 is 14.8 Å². The van der Waals surface area contributed by atoms with Crippen molar-refractivity contribution in [3.05, 3.63) is 47.8 Å². The van der Waals surface area contributed by atoms with Gasteiger partial charge in [-0.25, -0.2) is 0 Å². The Balaban J connectivity index is 1.80. The van der Waals surface area contributed by atoms with E-state index >= 15 is 0 Å². The molecule has 0 saturated carbocycles. The quantitative estimate of drug-likeness (QED) is 0.932. The average molecular weight is 284 g/mol. The minimum atomic E-state index is 0.171. The van der Waals surface area contributed by atoms with E-state index in [0.717, 1.165) is 30.2 Å². The van der Waals surface area contributed by atoms with E-state index in [2.05, 4.69) is 36.3 Å². The molecule has 4 heteroatoms. The zero-order valence-corrected chi connectivity index (χ0v) is 12.4. The highest BCUT2D eigenvalue weighted by atomic mass is 16.5. The molecule has 1 aromatic carbocycles. The maximum Gasteiger partial charge on any atom is 0.161 e. The van der Waals surface area contributed by atoms with Crippen molar-refractivity contribution in [3.63, 3.8) is 0 Å². The van der Waals surface area contributed by atoms with Gasteiger partial charge in [-0.1, -0.05) is 6.07 Å². The van der Waals surface area contributed by atoms with E-state index in [9.17, 15) is 0 Å². The molecule has 1 aliphatic heterocycles. The number of fused-ring (bicyclic) bond motifs is 1. The van der Waals surface area contributed by atoms with Crippen molar-refractivity contribution >= 4 is 5.69 Å². The Kier molecular flexibility index (Phi) is 3.95. The third-order valence-electron chi connectivity index (χ3n) is 3.68. The number of nitrogens with zero attached hydrogens (tertiary/aromatic N) is 1. The van der Waals surface area contributed by atoms with Crippen LogP contribution in [0.1, 0.15) is 30.5 Å². The Morgan fingerprint density at radius 2 is 1.95 bits per heavy atom. The summed E-state index contributed by atoms with van der Waals surface area (Å²) < 4.78 is 11.4. The molecule has 21 heavy (non-hydrogen) atoms. The van der Waals surface area contributed by atoms with Crippen LogP contribution >= 0.6 is 0 Å². The number of rotatable bonds is 3. The first-order chi connectivity index (χ1) is 10.2. The van der Waals surface area contributed by atoms with Crippen molar-refractivity contribution in [1.29, 1.82) is 0 Å². The Bertz CT molecular complexity index is 628. The molecule has 0 amide bonds. The van der Waals surface area contributed by atoms with Crippen LogP contribution < -0.4 is 14.8 Å². The third-order valence-corrected chi connectivity index (χ3v) is 3.68. The van der Waals surface area contributed by atoms with Crippen LogP contribution in [0.25, 0.3) is 0 Å². The second-order valence-electron chi connectivity index (χ2n) is 5.31. The first-order valence-corrected chi connectivity index (χ1v) is 7.31. The highest BCUT2D eigenvalue weighted by molar-refractivity contribution is 5.51. The monoisotopic (exact) mass is 284 g/mol. The molecule has 0 aliphatic carbocycles. The fourth-order valence-electron chi connectivity index (χ4n) is 2.38. The molecule has 2 aromatic rings. The number of hydrogen-bond acceptors (Lipinski definition) is 4. The SMILES string of the molecule is Cc1ccncc1NC(C)c1ccc2c(c1)OCCCO2. The van der Waals surface area contributed by atoms with Crippen LogP contribution in [0.5, 0.6) is 11.5 Å². The van der Waals surface area contributed by atoms with Crippen LogP contribution in [0.2, 0.25) is 0 Å². The van der Waals surface area contributed by atoms with Crippen LogP contribution in [0.4, 0.5) is 5.69 Å². The fraction of sp³-hybridized carbons (Fsp3) is 0.353. The van der Waals surface area contributed by atoms with E-state index < -0.39 is 0 Å². The summed E-state index contributed by atoms with van der Waals surface area (Å²) >= 11 is 0. The molecule has 3 rings (SSSR count). The Morgan fingerprint density at radius 1 is 1.14 bits per heavy atom. The number of aromatic nitrogens is 1. The summed E-state index contributed by atoms with van der Waals surface area (Å²) in [6.45, 7) is 5.63. The van der Waals surface area contributed by atoms with Crippen molar-refractivity contribution in [3.8, 4) is 11.5 Å². The summed E-state index contributed by atoms with van der Waals surface area (Å²) in [6, 6.07) is 8.30. The van der Waals surface area contributed by atoms with Gasteiger partial charge in [0.15, 0.2) is 11.5 Å². The molecule has 1 aliphatic rings. The molecule has 0 bridgehead atoms. The maximum absolute atomic E-state index is 5.75. The fourth-order valence-corrected chi connectivity index (χ4v) is 2.38. The summed E-state index contributed by atoms with van der Waals surface area (Å²) in [5.41, 5.74) is 3.41. The lowest BCUT2D eigenvalue weighted by Crippen LogP contribution is -2.08. The van der Waals surface area contributed by atoms with Crippen LogP contribution in [-0.4, -0.2) is 18.2 Å². The summed E-state index contributed by atoms with van der Waals surface area (Å²) in [4.78, 5) is 4.17. The minimum absolute atomic E-state index is 0.171. The molecule has 1 N–H and O–H groups in total. The van der Waals surface area contributed by atoms with Crippen LogP contribution in [0.15, 0.2) is 36.7 Å². The lowest BCUT2D eigenvalue weighted by molar-refractivity contribution is 0.297.